The molecule has 1 amide bonds. The molecule has 5 heteroatoms. The molecule has 24 heavy (non-hydrogen) atoms. The molecule has 1 atom stereocenters. The number of carbonyl (C=O) groups excluding carboxylic acids is 1. The van der Waals surface area contributed by atoms with Crippen molar-refractivity contribution < 1.29 is 4.79 Å². The fraction of sp³-hybridized carbons (Fsp3) is 0.421. The van der Waals surface area contributed by atoms with E-state index in [9.17, 15) is 4.79 Å². The van der Waals surface area contributed by atoms with E-state index in [1.165, 1.54) is 17.7 Å². The van der Waals surface area contributed by atoms with Crippen LogP contribution in [0.3, 0.4) is 0 Å². The van der Waals surface area contributed by atoms with Crippen LogP contribution < -0.4 is 10.6 Å². The van der Waals surface area contributed by atoms with Gasteiger partial charge in [0.2, 0.25) is 0 Å². The Kier molecular flexibility index (Phi) is 5.88. The highest BCUT2D eigenvalue weighted by molar-refractivity contribution is 7.09. The third kappa shape index (κ3) is 4.58. The Labute approximate surface area is 147 Å². The van der Waals surface area contributed by atoms with E-state index in [1.54, 1.807) is 11.3 Å². The zero-order valence-corrected chi connectivity index (χ0v) is 14.9. The minimum absolute atomic E-state index is 0.0975. The lowest BCUT2D eigenvalue weighted by Gasteiger charge is -2.27. The molecule has 1 aliphatic heterocycles. The molecule has 0 aliphatic carbocycles. The van der Waals surface area contributed by atoms with Crippen LogP contribution in [0.1, 0.15) is 28.1 Å². The van der Waals surface area contributed by atoms with Crippen LogP contribution in [0.2, 0.25) is 0 Å². The van der Waals surface area contributed by atoms with Crippen molar-refractivity contribution in [2.45, 2.75) is 19.4 Å². The average molecular weight is 343 g/mol. The van der Waals surface area contributed by atoms with Crippen LogP contribution in [-0.2, 0) is 6.54 Å². The highest BCUT2D eigenvalue weighted by Gasteiger charge is 2.19. The molecule has 4 nitrogen and oxygen atoms in total. The molecule has 0 spiro atoms. The van der Waals surface area contributed by atoms with Crippen molar-refractivity contribution in [1.29, 1.82) is 0 Å². The van der Waals surface area contributed by atoms with Crippen molar-refractivity contribution in [3.8, 4) is 0 Å². The van der Waals surface area contributed by atoms with E-state index in [2.05, 4.69) is 28.1 Å². The number of hydrogen-bond acceptors (Lipinski definition) is 4. The second-order valence-electron chi connectivity index (χ2n) is 6.41. The summed E-state index contributed by atoms with van der Waals surface area (Å²) in [6.45, 7) is 3.73. The molecule has 1 aromatic heterocycles. The summed E-state index contributed by atoms with van der Waals surface area (Å²) < 4.78 is 0. The molecule has 2 N–H and O–H groups in total. The number of rotatable bonds is 6. The first-order chi connectivity index (χ1) is 11.7. The molecule has 1 aliphatic rings. The van der Waals surface area contributed by atoms with Gasteiger partial charge in [-0.15, -0.1) is 11.3 Å². The van der Waals surface area contributed by atoms with Crippen molar-refractivity contribution in [1.82, 2.24) is 10.2 Å². The predicted octanol–water partition coefficient (Wildman–Crippen LogP) is 3.43. The SMILES string of the molecule is CN(C[C@H]1CCCNC1)C(=O)c1cccc(NCc2cccs2)c1. The quantitative estimate of drug-likeness (QED) is 0.844. The first kappa shape index (κ1) is 17.0. The van der Waals surface area contributed by atoms with E-state index in [0.29, 0.717) is 5.92 Å². The van der Waals surface area contributed by atoms with Crippen LogP contribution >= 0.6 is 11.3 Å². The maximum Gasteiger partial charge on any atom is 0.253 e. The molecule has 1 aromatic carbocycles. The first-order valence-corrected chi connectivity index (χ1v) is 9.43. The van der Waals surface area contributed by atoms with Gasteiger partial charge in [0.25, 0.3) is 5.91 Å². The smallest absolute Gasteiger partial charge is 0.253 e. The largest absolute Gasteiger partial charge is 0.380 e. The van der Waals surface area contributed by atoms with Crippen molar-refractivity contribution in [2.24, 2.45) is 5.92 Å². The maximum absolute atomic E-state index is 12.7. The van der Waals surface area contributed by atoms with Gasteiger partial charge in [0.15, 0.2) is 0 Å². The third-order valence-corrected chi connectivity index (χ3v) is 5.31. The number of nitrogens with one attached hydrogen (secondary N) is 2. The Hall–Kier alpha value is -1.85. The minimum Gasteiger partial charge on any atom is -0.380 e. The second-order valence-corrected chi connectivity index (χ2v) is 7.44. The van der Waals surface area contributed by atoms with Gasteiger partial charge in [-0.2, -0.15) is 0 Å². The lowest BCUT2D eigenvalue weighted by atomic mass is 9.99. The van der Waals surface area contributed by atoms with Gasteiger partial charge in [-0.1, -0.05) is 12.1 Å². The summed E-state index contributed by atoms with van der Waals surface area (Å²) in [6.07, 6.45) is 2.40. The Bertz CT molecular complexity index is 650. The summed E-state index contributed by atoms with van der Waals surface area (Å²) in [5, 5.41) is 8.88. The monoisotopic (exact) mass is 343 g/mol. The van der Waals surface area contributed by atoms with Crippen LogP contribution in [0, 0.1) is 5.92 Å². The summed E-state index contributed by atoms with van der Waals surface area (Å²) in [5.41, 5.74) is 1.74. The van der Waals surface area contributed by atoms with Crippen LogP contribution in [0.25, 0.3) is 0 Å². The van der Waals surface area contributed by atoms with Gasteiger partial charge >= 0.3 is 0 Å². The minimum atomic E-state index is 0.0975. The van der Waals surface area contributed by atoms with Gasteiger partial charge in [-0.3, -0.25) is 4.79 Å². The number of piperidine rings is 1. The Morgan fingerprint density at radius 2 is 2.29 bits per heavy atom. The standard InChI is InChI=1S/C19H25N3OS/c1-22(14-15-5-3-9-20-12-15)19(23)16-6-2-7-17(11-16)21-13-18-8-4-10-24-18/h2,4,6-8,10-11,15,20-21H,3,5,9,12-14H2,1H3/t15-/m0/s1. The van der Waals surface area contributed by atoms with Gasteiger partial charge in [-0.25, -0.2) is 0 Å². The molecular weight excluding hydrogens is 318 g/mol. The Morgan fingerprint density at radius 1 is 1.38 bits per heavy atom. The molecule has 0 unspecified atom stereocenters. The van der Waals surface area contributed by atoms with Gasteiger partial charge < -0.3 is 15.5 Å². The van der Waals surface area contributed by atoms with Crippen molar-refractivity contribution in [3.63, 3.8) is 0 Å². The highest BCUT2D eigenvalue weighted by atomic mass is 32.1. The maximum atomic E-state index is 12.7. The first-order valence-electron chi connectivity index (χ1n) is 8.55. The average Bonchev–Trinajstić information content (AvgIpc) is 3.14. The summed E-state index contributed by atoms with van der Waals surface area (Å²) in [6, 6.07) is 12.0. The van der Waals surface area contributed by atoms with E-state index < -0.39 is 0 Å². The van der Waals surface area contributed by atoms with Crippen molar-refractivity contribution >= 4 is 22.9 Å². The van der Waals surface area contributed by atoms with Crippen LogP contribution in [0.5, 0.6) is 0 Å². The topological polar surface area (TPSA) is 44.4 Å². The van der Waals surface area contributed by atoms with Crippen LogP contribution in [0.15, 0.2) is 41.8 Å². The highest BCUT2D eigenvalue weighted by Crippen LogP contribution is 2.17. The summed E-state index contributed by atoms with van der Waals surface area (Å²) in [7, 11) is 1.91. The second kappa shape index (κ2) is 8.31. The van der Waals surface area contributed by atoms with Crippen LogP contribution in [-0.4, -0.2) is 37.5 Å². The van der Waals surface area contributed by atoms with Gasteiger partial charge in [0.05, 0.1) is 0 Å². The zero-order chi connectivity index (χ0) is 16.8. The van der Waals surface area contributed by atoms with E-state index in [4.69, 9.17) is 0 Å². The van der Waals surface area contributed by atoms with Crippen molar-refractivity contribution in [3.05, 3.63) is 52.2 Å². The van der Waals surface area contributed by atoms with Gasteiger partial charge in [0, 0.05) is 36.3 Å². The van der Waals surface area contributed by atoms with E-state index in [0.717, 1.165) is 37.4 Å². The molecule has 0 radical (unpaired) electrons. The summed E-state index contributed by atoms with van der Waals surface area (Å²) in [4.78, 5) is 15.8. The number of benzene rings is 1. The van der Waals surface area contributed by atoms with Crippen LogP contribution in [0.4, 0.5) is 5.69 Å². The third-order valence-electron chi connectivity index (χ3n) is 4.43. The predicted molar refractivity (Wildman–Crippen MR) is 101 cm³/mol. The molecule has 1 fully saturated rings. The number of carbonyl (C=O) groups is 1. The molecule has 2 heterocycles. The lowest BCUT2D eigenvalue weighted by molar-refractivity contribution is 0.0765. The summed E-state index contributed by atoms with van der Waals surface area (Å²) in [5.74, 6) is 0.660. The zero-order valence-electron chi connectivity index (χ0n) is 14.1. The normalized spacial score (nSPS) is 17.5. The number of thiophene rings is 1. The number of amides is 1. The molecule has 1 saturated heterocycles. The van der Waals surface area contributed by atoms with Gasteiger partial charge in [0.1, 0.15) is 0 Å². The fourth-order valence-electron chi connectivity index (χ4n) is 3.13. The van der Waals surface area contributed by atoms with E-state index >= 15 is 0 Å². The van der Waals surface area contributed by atoms with Gasteiger partial charge in [-0.05, 0) is 61.5 Å². The van der Waals surface area contributed by atoms with E-state index in [-0.39, 0.29) is 5.91 Å². The Morgan fingerprint density at radius 3 is 3.04 bits per heavy atom. The molecule has 128 valence electrons. The van der Waals surface area contributed by atoms with Crippen molar-refractivity contribution in [2.75, 3.05) is 32.0 Å². The number of hydrogen-bond donors (Lipinski definition) is 2. The molecular formula is C19H25N3OS. The Balaban J connectivity index is 1.58. The molecule has 2 aromatic rings. The molecule has 0 saturated carbocycles. The summed E-state index contributed by atoms with van der Waals surface area (Å²) >= 11 is 1.73. The lowest BCUT2D eigenvalue weighted by Crippen LogP contribution is -2.39. The number of anilines is 1. The fourth-order valence-corrected chi connectivity index (χ4v) is 3.78. The number of nitrogens with zero attached hydrogens (tertiary/aromatic N) is 1. The molecule has 3 rings (SSSR count). The van der Waals surface area contributed by atoms with E-state index in [1.807, 2.05) is 36.2 Å². The molecule has 0 bridgehead atoms.